The second kappa shape index (κ2) is 6.70. The van der Waals surface area contributed by atoms with Gasteiger partial charge >= 0.3 is 0 Å². The Morgan fingerprint density at radius 1 is 1.15 bits per heavy atom. The average molecular weight is 395 g/mol. The highest BCUT2D eigenvalue weighted by molar-refractivity contribution is 7.90. The summed E-state index contributed by atoms with van der Waals surface area (Å²) in [5.41, 5.74) is 1.37. The lowest BCUT2D eigenvalue weighted by molar-refractivity contribution is -0.0582. The van der Waals surface area contributed by atoms with Crippen molar-refractivity contribution in [2.75, 3.05) is 12.3 Å². The third-order valence-corrected chi connectivity index (χ3v) is 6.02. The van der Waals surface area contributed by atoms with Crippen LogP contribution in [0.4, 0.5) is 8.78 Å². The molecule has 0 atom stereocenters. The number of fused-ring (bicyclic) bond motifs is 1. The number of sulfonamides is 1. The van der Waals surface area contributed by atoms with Gasteiger partial charge in [0.05, 0.1) is 18.2 Å². The van der Waals surface area contributed by atoms with Gasteiger partial charge in [0.2, 0.25) is 5.92 Å². The van der Waals surface area contributed by atoms with Crippen molar-refractivity contribution in [3.05, 3.63) is 36.0 Å². The lowest BCUT2D eigenvalue weighted by Crippen LogP contribution is -2.40. The highest BCUT2D eigenvalue weighted by Crippen LogP contribution is 2.35. The van der Waals surface area contributed by atoms with Crippen molar-refractivity contribution in [2.24, 2.45) is 9.39 Å². The van der Waals surface area contributed by atoms with Crippen molar-refractivity contribution >= 4 is 27.8 Å². The number of rotatable bonds is 3. The van der Waals surface area contributed by atoms with Gasteiger partial charge in [-0.3, -0.25) is 0 Å². The summed E-state index contributed by atoms with van der Waals surface area (Å²) in [6, 6.07) is 7.09. The van der Waals surface area contributed by atoms with Crippen LogP contribution < -0.4 is 4.74 Å². The lowest BCUT2D eigenvalue weighted by atomic mass is 9.94. The first-order chi connectivity index (χ1) is 12.8. The van der Waals surface area contributed by atoms with Crippen LogP contribution in [0.3, 0.4) is 0 Å². The number of amidine groups is 1. The summed E-state index contributed by atoms with van der Waals surface area (Å²) >= 11 is 0. The normalized spacial score (nSPS) is 24.0. The molecule has 0 spiro atoms. The molecule has 0 radical (unpaired) electrons. The van der Waals surface area contributed by atoms with E-state index in [1.165, 1.54) is 0 Å². The molecule has 2 heterocycles. The van der Waals surface area contributed by atoms with Gasteiger partial charge in [-0.25, -0.2) is 22.2 Å². The van der Waals surface area contributed by atoms with E-state index in [9.17, 15) is 17.2 Å². The van der Waals surface area contributed by atoms with Crippen LogP contribution in [0.5, 0.6) is 5.75 Å². The molecule has 4 rings (SSSR count). The van der Waals surface area contributed by atoms with Gasteiger partial charge in [-0.05, 0) is 30.5 Å². The number of hydrogen-bond acceptors (Lipinski definition) is 5. The van der Waals surface area contributed by atoms with Crippen molar-refractivity contribution < 1.29 is 21.9 Å². The monoisotopic (exact) mass is 395 g/mol. The molecule has 144 valence electrons. The Bertz CT molecular complexity index is 914. The summed E-state index contributed by atoms with van der Waals surface area (Å²) in [4.78, 5) is 5.87. The van der Waals surface area contributed by atoms with Gasteiger partial charge in [0.15, 0.2) is 5.84 Å². The zero-order valence-electron chi connectivity index (χ0n) is 14.5. The van der Waals surface area contributed by atoms with E-state index in [1.54, 1.807) is 41.7 Å². The first-order valence-corrected chi connectivity index (χ1v) is 10.4. The first kappa shape index (κ1) is 18.1. The van der Waals surface area contributed by atoms with Crippen molar-refractivity contribution in [1.29, 1.82) is 0 Å². The fourth-order valence-corrected chi connectivity index (χ4v) is 4.34. The molecule has 27 heavy (non-hydrogen) atoms. The number of halogens is 2. The zero-order valence-corrected chi connectivity index (χ0v) is 15.3. The standard InChI is InChI=1S/C18H19F2N3O3S/c19-18(20)7-5-15(6-8-18)26-14-3-1-13(2-4-14)16-11-21-12-23-9-10-27(24,25)22-17(16)23/h1-4,11-12,15H,5-10H2. The molecule has 6 nitrogen and oxygen atoms in total. The number of alkyl halides is 2. The molecule has 1 saturated carbocycles. The Morgan fingerprint density at radius 2 is 1.85 bits per heavy atom. The number of hydrogen-bond donors (Lipinski definition) is 0. The van der Waals surface area contributed by atoms with E-state index in [4.69, 9.17) is 4.74 Å². The second-order valence-electron chi connectivity index (χ2n) is 6.90. The molecule has 1 aromatic carbocycles. The summed E-state index contributed by atoms with van der Waals surface area (Å²) in [5, 5.41) is 0. The summed E-state index contributed by atoms with van der Waals surface area (Å²) in [6.07, 6.45) is 3.30. The van der Waals surface area contributed by atoms with E-state index in [1.807, 2.05) is 0 Å². The van der Waals surface area contributed by atoms with Crippen molar-refractivity contribution in [1.82, 2.24) is 4.90 Å². The minimum absolute atomic E-state index is 0.0387. The summed E-state index contributed by atoms with van der Waals surface area (Å²) < 4.78 is 59.8. The first-order valence-electron chi connectivity index (χ1n) is 8.79. The molecule has 0 saturated heterocycles. The molecule has 9 heteroatoms. The zero-order chi connectivity index (χ0) is 19.1. The Morgan fingerprint density at radius 3 is 2.56 bits per heavy atom. The average Bonchev–Trinajstić information content (AvgIpc) is 2.63. The predicted octanol–water partition coefficient (Wildman–Crippen LogP) is 3.07. The second-order valence-corrected chi connectivity index (χ2v) is 8.65. The topological polar surface area (TPSA) is 71.3 Å². The van der Waals surface area contributed by atoms with Crippen LogP contribution in [-0.2, 0) is 10.0 Å². The number of ether oxygens (including phenoxy) is 1. The maximum Gasteiger partial charge on any atom is 0.256 e. The van der Waals surface area contributed by atoms with Crippen LogP contribution in [0.1, 0.15) is 31.2 Å². The van der Waals surface area contributed by atoms with E-state index >= 15 is 0 Å². The minimum atomic E-state index is -3.47. The molecule has 0 bridgehead atoms. The fraction of sp³-hybridized carbons (Fsp3) is 0.444. The maximum absolute atomic E-state index is 13.2. The Labute approximate surface area is 156 Å². The van der Waals surface area contributed by atoms with E-state index in [0.29, 0.717) is 36.5 Å². The number of nitrogens with zero attached hydrogens (tertiary/aromatic N) is 3. The van der Waals surface area contributed by atoms with E-state index in [2.05, 4.69) is 9.39 Å². The van der Waals surface area contributed by atoms with Gasteiger partial charge in [-0.1, -0.05) is 12.1 Å². The van der Waals surface area contributed by atoms with Gasteiger partial charge in [0.1, 0.15) is 5.75 Å². The van der Waals surface area contributed by atoms with Crippen LogP contribution >= 0.6 is 0 Å². The van der Waals surface area contributed by atoms with E-state index < -0.39 is 15.9 Å². The molecule has 0 N–H and O–H groups in total. The van der Waals surface area contributed by atoms with Gasteiger partial charge < -0.3 is 9.64 Å². The molecule has 1 aromatic rings. The third-order valence-electron chi connectivity index (χ3n) is 4.87. The van der Waals surface area contributed by atoms with Gasteiger partial charge in [-0.2, -0.15) is 0 Å². The molecule has 1 aliphatic carbocycles. The van der Waals surface area contributed by atoms with Crippen molar-refractivity contribution in [3.63, 3.8) is 0 Å². The van der Waals surface area contributed by atoms with E-state index in [-0.39, 0.29) is 24.7 Å². The van der Waals surface area contributed by atoms with Crippen LogP contribution in [0, 0.1) is 0 Å². The smallest absolute Gasteiger partial charge is 0.256 e. The molecular weight excluding hydrogens is 376 g/mol. The Kier molecular flexibility index (Phi) is 4.49. The lowest BCUT2D eigenvalue weighted by Gasteiger charge is -2.29. The molecule has 0 amide bonds. The summed E-state index contributed by atoms with van der Waals surface area (Å²) in [5.74, 6) is -1.66. The van der Waals surface area contributed by atoms with Crippen LogP contribution in [0.15, 0.2) is 39.9 Å². The fourth-order valence-electron chi connectivity index (χ4n) is 3.35. The maximum atomic E-state index is 13.2. The predicted molar refractivity (Wildman–Crippen MR) is 98.7 cm³/mol. The Balaban J connectivity index is 1.50. The third kappa shape index (κ3) is 4.02. The summed E-state index contributed by atoms with van der Waals surface area (Å²) in [7, 11) is -3.47. The van der Waals surface area contributed by atoms with Crippen LogP contribution in [-0.4, -0.2) is 49.8 Å². The molecule has 3 aliphatic rings. The summed E-state index contributed by atoms with van der Waals surface area (Å²) in [6.45, 7) is 0.315. The van der Waals surface area contributed by atoms with Crippen molar-refractivity contribution in [2.45, 2.75) is 37.7 Å². The van der Waals surface area contributed by atoms with Crippen molar-refractivity contribution in [3.8, 4) is 5.75 Å². The SMILES string of the molecule is O=S1(=O)CCN2C=NC=C(c3ccc(OC4CCC(F)(F)CC4)cc3)C2=N1. The largest absolute Gasteiger partial charge is 0.490 e. The highest BCUT2D eigenvalue weighted by Gasteiger charge is 2.35. The number of benzene rings is 1. The highest BCUT2D eigenvalue weighted by atomic mass is 32.2. The molecule has 1 fully saturated rings. The number of aliphatic imine (C=N–C) groups is 1. The van der Waals surface area contributed by atoms with Crippen LogP contribution in [0.2, 0.25) is 0 Å². The quantitative estimate of drug-likeness (QED) is 0.789. The minimum Gasteiger partial charge on any atom is -0.490 e. The van der Waals surface area contributed by atoms with E-state index in [0.717, 1.165) is 5.56 Å². The molecular formula is C18H19F2N3O3S. The van der Waals surface area contributed by atoms with Gasteiger partial charge in [0.25, 0.3) is 10.0 Å². The van der Waals surface area contributed by atoms with Gasteiger partial charge in [-0.15, -0.1) is 4.40 Å². The van der Waals surface area contributed by atoms with Gasteiger partial charge in [0, 0.05) is 31.2 Å². The molecule has 0 unspecified atom stereocenters. The molecule has 0 aromatic heterocycles. The van der Waals surface area contributed by atoms with Crippen LogP contribution in [0.25, 0.3) is 5.57 Å². The molecule has 2 aliphatic heterocycles. The Hall–Kier alpha value is -2.29.